The van der Waals surface area contributed by atoms with Gasteiger partial charge in [0.1, 0.15) is 5.76 Å². The summed E-state index contributed by atoms with van der Waals surface area (Å²) in [4.78, 5) is 19.4. The maximum absolute atomic E-state index is 10.0. The largest absolute Gasteiger partial charge is 0.512 e. The summed E-state index contributed by atoms with van der Waals surface area (Å²) in [5, 5.41) is 11.3. The van der Waals surface area contributed by atoms with Gasteiger partial charge in [-0.25, -0.2) is 4.98 Å². The van der Waals surface area contributed by atoms with Crippen LogP contribution in [0.5, 0.6) is 0 Å². The molecule has 43 heavy (non-hydrogen) atoms. The average molecular weight is 752 g/mol. The van der Waals surface area contributed by atoms with Crippen LogP contribution in [0.1, 0.15) is 57.0 Å². The first kappa shape index (κ1) is 31.9. The van der Waals surface area contributed by atoms with Crippen molar-refractivity contribution in [1.29, 1.82) is 0 Å². The van der Waals surface area contributed by atoms with E-state index in [0.717, 1.165) is 50.0 Å². The van der Waals surface area contributed by atoms with Crippen LogP contribution in [-0.2, 0) is 30.3 Å². The summed E-state index contributed by atoms with van der Waals surface area (Å²) in [7, 11) is 0. The first-order valence-electron chi connectivity index (χ1n) is 13.9. The fourth-order valence-electron chi connectivity index (χ4n) is 5.16. The third-order valence-electron chi connectivity index (χ3n) is 7.13. The smallest absolute Gasteiger partial charge is 0.217 e. The molecule has 0 aliphatic carbocycles. The molecule has 0 unspecified atom stereocenters. The van der Waals surface area contributed by atoms with Gasteiger partial charge in [0.15, 0.2) is 5.78 Å². The molecule has 6 nitrogen and oxygen atoms in total. The van der Waals surface area contributed by atoms with E-state index in [0.29, 0.717) is 11.4 Å². The average Bonchev–Trinajstić information content (AvgIpc) is 3.47. The van der Waals surface area contributed by atoms with E-state index >= 15 is 0 Å². The second-order valence-corrected chi connectivity index (χ2v) is 11.8. The fraction of sp³-hybridized carbons (Fsp3) is 0.250. The summed E-state index contributed by atoms with van der Waals surface area (Å²) >= 11 is 0. The maximum atomic E-state index is 10.0. The summed E-state index contributed by atoms with van der Waals surface area (Å²) in [6.45, 7) is 15.8. The quantitative estimate of drug-likeness (QED) is 0.110. The Morgan fingerprint density at radius 3 is 2.19 bits per heavy atom. The molecule has 0 atom stereocenters. The molecule has 0 amide bonds. The van der Waals surface area contributed by atoms with Gasteiger partial charge >= 0.3 is 0 Å². The molecular weight excluding hydrogens is 717 g/mol. The van der Waals surface area contributed by atoms with E-state index in [-0.39, 0.29) is 37.1 Å². The third kappa shape index (κ3) is 6.64. The number of fused-ring (bicyclic) bond motifs is 4. The molecule has 7 heteroatoms. The Hall–Kier alpha value is -4.06. The summed E-state index contributed by atoms with van der Waals surface area (Å²) in [6.07, 6.45) is 1.17. The third-order valence-corrected chi connectivity index (χ3v) is 7.13. The molecule has 0 saturated heterocycles. The van der Waals surface area contributed by atoms with Crippen LogP contribution in [0.4, 0.5) is 0 Å². The summed E-state index contributed by atoms with van der Waals surface area (Å²) in [5.41, 5.74) is 9.43. The predicted molar refractivity (Wildman–Crippen MR) is 169 cm³/mol. The maximum Gasteiger partial charge on any atom is 0.217 e. The Labute approximate surface area is 265 Å². The Morgan fingerprint density at radius 1 is 0.884 bits per heavy atom. The SMILES string of the molecule is CC(=O)/C=C(/C)O.Cc1ccc2c(n1)oc1c(-c3ccc4cc(-c5c(C)cc(C(C)(C)C)cc5C)oc4n3)[c-]ccc12.[Ir]. The minimum absolute atomic E-state index is 0. The number of hydrogen-bond donors (Lipinski definition) is 1. The molecule has 2 aromatic carbocycles. The number of aryl methyl sites for hydroxylation is 3. The van der Waals surface area contributed by atoms with Gasteiger partial charge in [-0.05, 0) is 80.6 Å². The Kier molecular flexibility index (Phi) is 9.10. The number of benzene rings is 2. The van der Waals surface area contributed by atoms with Gasteiger partial charge < -0.3 is 13.9 Å². The van der Waals surface area contributed by atoms with Crippen molar-refractivity contribution in [3.63, 3.8) is 0 Å². The van der Waals surface area contributed by atoms with Gasteiger partial charge in [0.2, 0.25) is 11.4 Å². The zero-order chi connectivity index (χ0) is 30.3. The zero-order valence-electron chi connectivity index (χ0n) is 25.7. The molecule has 0 aliphatic heterocycles. The van der Waals surface area contributed by atoms with Crippen LogP contribution in [0.2, 0.25) is 0 Å². The number of pyridine rings is 2. The van der Waals surface area contributed by atoms with Crippen LogP contribution >= 0.6 is 0 Å². The van der Waals surface area contributed by atoms with Crippen molar-refractivity contribution in [3.05, 3.63) is 94.9 Å². The molecule has 1 radical (unpaired) electrons. The van der Waals surface area contributed by atoms with Crippen LogP contribution in [0.3, 0.4) is 0 Å². The number of rotatable bonds is 3. The number of aliphatic hydroxyl groups excluding tert-OH is 1. The van der Waals surface area contributed by atoms with Crippen molar-refractivity contribution in [2.75, 3.05) is 0 Å². The van der Waals surface area contributed by atoms with E-state index in [1.165, 1.54) is 36.6 Å². The molecule has 1 N–H and O–H groups in total. The van der Waals surface area contributed by atoms with E-state index in [4.69, 9.17) is 18.9 Å². The first-order valence-corrected chi connectivity index (χ1v) is 13.9. The van der Waals surface area contributed by atoms with Gasteiger partial charge in [-0.15, -0.1) is 18.2 Å². The molecular formula is C36H35IrN2O4-. The van der Waals surface area contributed by atoms with Gasteiger partial charge in [-0.3, -0.25) is 9.78 Å². The standard InChI is InChI=1S/C31H27N2O2.C5H8O2.Ir/c1-17-14-21(31(4,5)6)15-18(2)27(17)26-16-20-11-13-25(33-29(20)34-26)24-9-7-8-22-23-12-10-19(3)32-30(23)35-28(22)24;1-4(6)3-5(2)7;/h7-8,10-16H,1-6H3;3,6H,1-2H3;/q-1;;/b;4-3-;. The Bertz CT molecular complexity index is 1980. The van der Waals surface area contributed by atoms with Crippen molar-refractivity contribution in [3.8, 4) is 22.6 Å². The Balaban J connectivity index is 0.000000475. The predicted octanol–water partition coefficient (Wildman–Crippen LogP) is 9.51. The topological polar surface area (TPSA) is 89.4 Å². The monoisotopic (exact) mass is 752 g/mol. The number of carbonyl (C=O) groups is 1. The number of aliphatic hydroxyl groups is 1. The van der Waals surface area contributed by atoms with E-state index in [1.54, 1.807) is 0 Å². The molecule has 0 aliphatic rings. The van der Waals surface area contributed by atoms with Crippen LogP contribution < -0.4 is 0 Å². The minimum Gasteiger partial charge on any atom is -0.512 e. The van der Waals surface area contributed by atoms with Gasteiger partial charge in [0.25, 0.3) is 0 Å². The molecule has 0 bridgehead atoms. The van der Waals surface area contributed by atoms with Gasteiger partial charge in [-0.1, -0.05) is 56.0 Å². The molecule has 6 aromatic rings. The van der Waals surface area contributed by atoms with Crippen LogP contribution in [0.25, 0.3) is 55.7 Å². The van der Waals surface area contributed by atoms with E-state index in [2.05, 4.69) is 76.0 Å². The van der Waals surface area contributed by atoms with Gasteiger partial charge in [0, 0.05) is 48.2 Å². The molecule has 4 aromatic heterocycles. The number of furan rings is 2. The van der Waals surface area contributed by atoms with Crippen molar-refractivity contribution < 1.29 is 38.8 Å². The van der Waals surface area contributed by atoms with Crippen LogP contribution in [-0.4, -0.2) is 20.9 Å². The zero-order valence-corrected chi connectivity index (χ0v) is 28.1. The fourth-order valence-corrected chi connectivity index (χ4v) is 5.16. The first-order chi connectivity index (χ1) is 19.8. The van der Waals surface area contributed by atoms with Crippen LogP contribution in [0, 0.1) is 26.8 Å². The summed E-state index contributed by atoms with van der Waals surface area (Å²) in [5.74, 6) is 0.776. The van der Waals surface area contributed by atoms with Gasteiger partial charge in [0.05, 0.1) is 11.3 Å². The van der Waals surface area contributed by atoms with Gasteiger partial charge in [-0.2, -0.15) is 0 Å². The number of allylic oxidation sites excluding steroid dienone is 2. The van der Waals surface area contributed by atoms with E-state index in [9.17, 15) is 4.79 Å². The number of nitrogens with zero attached hydrogens (tertiary/aromatic N) is 2. The number of ketones is 1. The Morgan fingerprint density at radius 2 is 1.58 bits per heavy atom. The van der Waals surface area contributed by atoms with Crippen molar-refractivity contribution in [1.82, 2.24) is 9.97 Å². The van der Waals surface area contributed by atoms with E-state index in [1.807, 2.05) is 31.2 Å². The number of aromatic nitrogens is 2. The van der Waals surface area contributed by atoms with Crippen LogP contribution in [0.15, 0.2) is 75.3 Å². The van der Waals surface area contributed by atoms with Crippen molar-refractivity contribution in [2.24, 2.45) is 0 Å². The molecule has 223 valence electrons. The molecule has 0 saturated carbocycles. The second-order valence-electron chi connectivity index (χ2n) is 11.8. The summed E-state index contributed by atoms with van der Waals surface area (Å²) in [6, 6.07) is 22.0. The number of hydrogen-bond acceptors (Lipinski definition) is 6. The molecule has 4 heterocycles. The van der Waals surface area contributed by atoms with Crippen molar-refractivity contribution in [2.45, 2.75) is 60.8 Å². The molecule has 0 fully saturated rings. The van der Waals surface area contributed by atoms with E-state index < -0.39 is 0 Å². The second kappa shape index (κ2) is 12.3. The molecule has 0 spiro atoms. The molecule has 6 rings (SSSR count). The summed E-state index contributed by atoms with van der Waals surface area (Å²) < 4.78 is 12.5. The normalized spacial score (nSPS) is 11.9. The van der Waals surface area contributed by atoms with Crippen molar-refractivity contribution >= 4 is 39.0 Å². The number of carbonyl (C=O) groups excluding carboxylic acids is 1. The minimum atomic E-state index is -0.125.